The molecule has 0 bridgehead atoms. The molecule has 0 saturated heterocycles. The third-order valence-corrected chi connectivity index (χ3v) is 5.94. The average molecular weight is 620 g/mol. The first-order valence-electron chi connectivity index (χ1n) is 12.8. The first-order valence-corrected chi connectivity index (χ1v) is 12.8. The SMILES string of the molecule is O=C(CN(CC(=O)Nc1ccc(Oc2ccc(C(F)(F)F)cc2)cc1)C(=O)c1ccc(C(F)(F)F)o1)NCc1ccccc1. The average Bonchev–Trinajstić information content (AvgIpc) is 3.48. The predicted octanol–water partition coefficient (Wildman–Crippen LogP) is 6.51. The fraction of sp³-hybridized carbons (Fsp3) is 0.167. The summed E-state index contributed by atoms with van der Waals surface area (Å²) in [5.74, 6) is -4.33. The minimum atomic E-state index is -4.85. The minimum Gasteiger partial charge on any atom is -0.457 e. The fourth-order valence-corrected chi connectivity index (χ4v) is 3.81. The Balaban J connectivity index is 1.40. The van der Waals surface area contributed by atoms with Crippen molar-refractivity contribution in [2.45, 2.75) is 18.9 Å². The second kappa shape index (κ2) is 13.4. The molecule has 1 aromatic heterocycles. The number of furan rings is 1. The van der Waals surface area contributed by atoms with Gasteiger partial charge < -0.3 is 24.7 Å². The van der Waals surface area contributed by atoms with Gasteiger partial charge in [0.1, 0.15) is 24.6 Å². The molecule has 0 radical (unpaired) electrons. The van der Waals surface area contributed by atoms with Crippen LogP contribution in [-0.2, 0) is 28.5 Å². The highest BCUT2D eigenvalue weighted by Crippen LogP contribution is 2.32. The number of ether oxygens (including phenoxy) is 1. The molecule has 0 saturated carbocycles. The van der Waals surface area contributed by atoms with Crippen LogP contribution in [0.5, 0.6) is 11.5 Å². The van der Waals surface area contributed by atoms with Gasteiger partial charge in [0.2, 0.25) is 17.6 Å². The Hall–Kier alpha value is -5.27. The number of halogens is 6. The Kier molecular flexibility index (Phi) is 9.61. The number of hydrogen-bond donors (Lipinski definition) is 2. The van der Waals surface area contributed by atoms with Gasteiger partial charge in [-0.25, -0.2) is 0 Å². The highest BCUT2D eigenvalue weighted by atomic mass is 19.4. The summed E-state index contributed by atoms with van der Waals surface area (Å²) >= 11 is 0. The van der Waals surface area contributed by atoms with E-state index in [0.717, 1.165) is 40.8 Å². The number of rotatable bonds is 10. The van der Waals surface area contributed by atoms with Crippen LogP contribution in [0.3, 0.4) is 0 Å². The van der Waals surface area contributed by atoms with E-state index in [0.29, 0.717) is 6.07 Å². The van der Waals surface area contributed by atoms with E-state index in [-0.39, 0.29) is 23.7 Å². The summed E-state index contributed by atoms with van der Waals surface area (Å²) in [6.07, 6.45) is -9.34. The minimum absolute atomic E-state index is 0.105. The molecule has 0 aliphatic heterocycles. The summed E-state index contributed by atoms with van der Waals surface area (Å²) in [6, 6.07) is 19.9. The Labute approximate surface area is 246 Å². The predicted molar refractivity (Wildman–Crippen MR) is 144 cm³/mol. The molecular formula is C30H23F6N3O5. The Bertz CT molecular complexity index is 1580. The second-order valence-corrected chi connectivity index (χ2v) is 9.28. The van der Waals surface area contributed by atoms with E-state index in [4.69, 9.17) is 4.74 Å². The van der Waals surface area contributed by atoms with Crippen molar-refractivity contribution in [1.82, 2.24) is 10.2 Å². The van der Waals surface area contributed by atoms with Crippen LogP contribution in [0.4, 0.5) is 32.0 Å². The molecule has 4 rings (SSSR count). The van der Waals surface area contributed by atoms with Crippen LogP contribution in [0.15, 0.2) is 95.4 Å². The van der Waals surface area contributed by atoms with Crippen LogP contribution in [0, 0.1) is 0 Å². The maximum atomic E-state index is 13.0. The van der Waals surface area contributed by atoms with Crippen molar-refractivity contribution in [2.75, 3.05) is 18.4 Å². The molecule has 0 unspecified atom stereocenters. The largest absolute Gasteiger partial charge is 0.457 e. The molecule has 14 heteroatoms. The van der Waals surface area contributed by atoms with E-state index in [1.807, 2.05) is 0 Å². The summed E-state index contributed by atoms with van der Waals surface area (Å²) in [5.41, 5.74) is 0.146. The number of anilines is 1. The van der Waals surface area contributed by atoms with E-state index >= 15 is 0 Å². The standard InChI is InChI=1S/C30H23F6N3O5/c31-29(32,33)20-6-10-22(11-7-20)43-23-12-8-21(9-13-23)38-27(41)18-39(17-26(40)37-16-19-4-2-1-3-5-19)28(42)24-14-15-25(44-24)30(34,35)36/h1-15H,16-18H2,(H,37,40)(H,38,41). The van der Waals surface area contributed by atoms with Crippen molar-refractivity contribution in [3.05, 3.63) is 114 Å². The van der Waals surface area contributed by atoms with Gasteiger partial charge in [-0.3, -0.25) is 14.4 Å². The highest BCUT2D eigenvalue weighted by Gasteiger charge is 2.36. The first kappa shape index (κ1) is 31.7. The lowest BCUT2D eigenvalue weighted by Gasteiger charge is -2.21. The maximum absolute atomic E-state index is 13.0. The van der Waals surface area contributed by atoms with Gasteiger partial charge in [0.05, 0.1) is 5.56 Å². The number of nitrogens with zero attached hydrogens (tertiary/aromatic N) is 1. The van der Waals surface area contributed by atoms with Crippen molar-refractivity contribution < 1.29 is 49.9 Å². The van der Waals surface area contributed by atoms with Gasteiger partial charge in [0.15, 0.2) is 5.76 Å². The van der Waals surface area contributed by atoms with E-state index in [1.165, 1.54) is 24.3 Å². The Morgan fingerprint density at radius 1 is 0.705 bits per heavy atom. The van der Waals surface area contributed by atoms with Gasteiger partial charge in [-0.05, 0) is 66.2 Å². The topological polar surface area (TPSA) is 101 Å². The van der Waals surface area contributed by atoms with E-state index < -0.39 is 60.2 Å². The van der Waals surface area contributed by atoms with Crippen LogP contribution in [-0.4, -0.2) is 35.7 Å². The monoisotopic (exact) mass is 619 g/mol. The molecule has 1 heterocycles. The number of nitrogens with one attached hydrogen (secondary N) is 2. The molecule has 3 amide bonds. The highest BCUT2D eigenvalue weighted by molar-refractivity contribution is 5.99. The smallest absolute Gasteiger partial charge is 0.449 e. The molecular weight excluding hydrogens is 596 g/mol. The van der Waals surface area contributed by atoms with Crippen LogP contribution in [0.25, 0.3) is 0 Å². The number of benzene rings is 3. The zero-order valence-electron chi connectivity index (χ0n) is 22.5. The first-order chi connectivity index (χ1) is 20.8. The van der Waals surface area contributed by atoms with Crippen LogP contribution in [0.2, 0.25) is 0 Å². The van der Waals surface area contributed by atoms with E-state index in [1.54, 1.807) is 30.3 Å². The molecule has 0 atom stereocenters. The van der Waals surface area contributed by atoms with Crippen LogP contribution >= 0.6 is 0 Å². The molecule has 0 aliphatic rings. The summed E-state index contributed by atoms with van der Waals surface area (Å²) < 4.78 is 87.4. The molecule has 4 aromatic rings. The van der Waals surface area contributed by atoms with Crippen molar-refractivity contribution >= 4 is 23.4 Å². The molecule has 0 fully saturated rings. The summed E-state index contributed by atoms with van der Waals surface area (Å²) in [7, 11) is 0. The summed E-state index contributed by atoms with van der Waals surface area (Å²) in [6.45, 7) is -1.28. The molecule has 230 valence electrons. The zero-order valence-corrected chi connectivity index (χ0v) is 22.5. The van der Waals surface area contributed by atoms with Crippen molar-refractivity contribution in [3.8, 4) is 11.5 Å². The number of alkyl halides is 6. The lowest BCUT2D eigenvalue weighted by molar-refractivity contribution is -0.153. The van der Waals surface area contributed by atoms with Crippen molar-refractivity contribution in [2.24, 2.45) is 0 Å². The molecule has 0 spiro atoms. The lowest BCUT2D eigenvalue weighted by atomic mass is 10.2. The van der Waals surface area contributed by atoms with Crippen molar-refractivity contribution in [1.29, 1.82) is 0 Å². The van der Waals surface area contributed by atoms with Crippen molar-refractivity contribution in [3.63, 3.8) is 0 Å². The van der Waals surface area contributed by atoms with Gasteiger partial charge in [-0.2, -0.15) is 26.3 Å². The van der Waals surface area contributed by atoms with Gasteiger partial charge in [-0.15, -0.1) is 0 Å². The number of amides is 3. The van der Waals surface area contributed by atoms with Crippen LogP contribution < -0.4 is 15.4 Å². The normalized spacial score (nSPS) is 11.5. The second-order valence-electron chi connectivity index (χ2n) is 9.28. The Morgan fingerprint density at radius 3 is 1.86 bits per heavy atom. The number of carbonyl (C=O) groups is 3. The third-order valence-electron chi connectivity index (χ3n) is 5.94. The van der Waals surface area contributed by atoms with Gasteiger partial charge in [-0.1, -0.05) is 30.3 Å². The molecule has 0 aliphatic carbocycles. The fourth-order valence-electron chi connectivity index (χ4n) is 3.81. The van der Waals surface area contributed by atoms with Gasteiger partial charge >= 0.3 is 12.4 Å². The molecule has 44 heavy (non-hydrogen) atoms. The van der Waals surface area contributed by atoms with Gasteiger partial charge in [0.25, 0.3) is 5.91 Å². The van der Waals surface area contributed by atoms with Crippen LogP contribution in [0.1, 0.15) is 27.4 Å². The number of hydrogen-bond acceptors (Lipinski definition) is 5. The van der Waals surface area contributed by atoms with E-state index in [9.17, 15) is 40.7 Å². The molecule has 3 aromatic carbocycles. The van der Waals surface area contributed by atoms with E-state index in [2.05, 4.69) is 15.1 Å². The Morgan fingerprint density at radius 2 is 1.30 bits per heavy atom. The lowest BCUT2D eigenvalue weighted by Crippen LogP contribution is -2.44. The number of carbonyl (C=O) groups excluding carboxylic acids is 3. The summed E-state index contributed by atoms with van der Waals surface area (Å²) in [4.78, 5) is 39.1. The molecule has 8 nitrogen and oxygen atoms in total. The summed E-state index contributed by atoms with van der Waals surface area (Å²) in [5, 5.41) is 5.08. The third kappa shape index (κ3) is 8.86. The maximum Gasteiger partial charge on any atom is 0.449 e. The zero-order chi connectivity index (χ0) is 31.9. The quantitative estimate of drug-likeness (QED) is 0.197. The molecule has 2 N–H and O–H groups in total. The van der Waals surface area contributed by atoms with Gasteiger partial charge in [0, 0.05) is 12.2 Å².